The molecule has 0 unspecified atom stereocenters. The van der Waals surface area contributed by atoms with Gasteiger partial charge in [0.05, 0.1) is 39.2 Å². The van der Waals surface area contributed by atoms with E-state index in [1.54, 1.807) is 81.1 Å². The van der Waals surface area contributed by atoms with E-state index in [9.17, 15) is 0 Å². The average molecular weight is 1240 g/mol. The van der Waals surface area contributed by atoms with Crippen LogP contribution in [0.3, 0.4) is 0 Å². The van der Waals surface area contributed by atoms with Gasteiger partial charge in [0, 0.05) is 67.0 Å². The molecular weight excluding hydrogens is 1120 g/mol. The van der Waals surface area contributed by atoms with Crippen LogP contribution >= 0.6 is 0 Å². The minimum absolute atomic E-state index is 0.792. The van der Waals surface area contributed by atoms with Crippen LogP contribution in [0.2, 0.25) is 0 Å². The molecule has 0 spiro atoms. The molecule has 0 aliphatic carbocycles. The van der Waals surface area contributed by atoms with Crippen LogP contribution in [0.1, 0.15) is 166 Å². The number of nitrogens with zero attached hydrogens (tertiary/aromatic N) is 20. The van der Waals surface area contributed by atoms with Crippen molar-refractivity contribution in [2.75, 3.05) is 0 Å². The summed E-state index contributed by atoms with van der Waals surface area (Å²) in [6.07, 6.45) is 34.7. The Morgan fingerprint density at radius 3 is 1.08 bits per heavy atom. The minimum Gasteiger partial charge on any atom is -0.257 e. The largest absolute Gasteiger partial charge is 0.348 e. The van der Waals surface area contributed by atoms with Gasteiger partial charge in [0.1, 0.15) is 75.1 Å². The Labute approximate surface area is 543 Å². The first kappa shape index (κ1) is 89.6. The SMILES string of the molecule is CC.CC.CC.CC.CC.CC.CC.CC.CC.CC.Cc1cncnc1-c1ccnc[n+]1C.Cc1cncnc1-c1cncc[n+]1C.Cc1cncnc1-c1nccc[n+]1C.Cc1cncnc1-c1ncnc[n+]1C.Cc1nccnc1-c1cccc[n+]1C. The number of hydrogen-bond acceptors (Lipinski definition) is 15. The van der Waals surface area contributed by atoms with E-state index in [-0.39, 0.29) is 0 Å². The number of pyridine rings is 1. The van der Waals surface area contributed by atoms with Crippen LogP contribution < -0.4 is 22.8 Å². The van der Waals surface area contributed by atoms with Gasteiger partial charge in [0.2, 0.25) is 17.7 Å². The Bertz CT molecular complexity index is 2560. The highest BCUT2D eigenvalue weighted by Gasteiger charge is 2.17. The predicted molar refractivity (Wildman–Crippen MR) is 369 cm³/mol. The number of rotatable bonds is 5. The van der Waals surface area contributed by atoms with Crippen molar-refractivity contribution in [2.24, 2.45) is 35.2 Å². The number of aryl methyl sites for hydroxylation is 10. The van der Waals surface area contributed by atoms with Gasteiger partial charge in [0.25, 0.3) is 18.5 Å². The topological polar surface area (TPSA) is 213 Å². The van der Waals surface area contributed by atoms with E-state index in [1.807, 2.05) is 286 Å². The highest BCUT2D eigenvalue weighted by Crippen LogP contribution is 2.17. The van der Waals surface area contributed by atoms with Gasteiger partial charge >= 0.3 is 5.82 Å². The smallest absolute Gasteiger partial charge is 0.257 e. The number of hydrogen-bond donors (Lipinski definition) is 0. The summed E-state index contributed by atoms with van der Waals surface area (Å²) in [6.45, 7) is 49.9. The lowest BCUT2D eigenvalue weighted by atomic mass is 10.2. The van der Waals surface area contributed by atoms with Crippen LogP contribution in [0.15, 0.2) is 155 Å². The molecule has 10 rings (SSSR count). The molecule has 0 atom stereocenters. The van der Waals surface area contributed by atoms with Crippen LogP contribution in [0, 0.1) is 34.6 Å². The highest BCUT2D eigenvalue weighted by atomic mass is 15.1. The van der Waals surface area contributed by atoms with E-state index in [0.717, 1.165) is 85.1 Å². The lowest BCUT2D eigenvalue weighted by molar-refractivity contribution is -0.666. The second kappa shape index (κ2) is 60.1. The van der Waals surface area contributed by atoms with Crippen molar-refractivity contribution in [3.63, 3.8) is 0 Å². The maximum absolute atomic E-state index is 4.33. The molecule has 90 heavy (non-hydrogen) atoms. The van der Waals surface area contributed by atoms with Gasteiger partial charge in [0.15, 0.2) is 29.5 Å². The Balaban J connectivity index is -0.000000312. The van der Waals surface area contributed by atoms with Gasteiger partial charge < -0.3 is 0 Å². The summed E-state index contributed by atoms with van der Waals surface area (Å²) in [5.41, 5.74) is 12.7. The first-order valence-electron chi connectivity index (χ1n) is 31.8. The van der Waals surface area contributed by atoms with E-state index in [1.165, 1.54) is 19.0 Å². The molecule has 10 aromatic rings. The van der Waals surface area contributed by atoms with Crippen LogP contribution in [-0.4, -0.2) is 74.8 Å². The molecule has 20 heteroatoms. The zero-order valence-electron chi connectivity index (χ0n) is 60.9. The highest BCUT2D eigenvalue weighted by molar-refractivity contribution is 5.55. The van der Waals surface area contributed by atoms with Crippen molar-refractivity contribution < 1.29 is 22.8 Å². The molecule has 0 amide bonds. The minimum atomic E-state index is 0.792. The lowest BCUT2D eigenvalue weighted by Gasteiger charge is -2.02. The zero-order valence-corrected chi connectivity index (χ0v) is 60.9. The van der Waals surface area contributed by atoms with Gasteiger partial charge in [-0.3, -0.25) is 9.97 Å². The monoisotopic (exact) mass is 1240 g/mol. The van der Waals surface area contributed by atoms with Gasteiger partial charge in [-0.2, -0.15) is 9.13 Å². The van der Waals surface area contributed by atoms with Crippen molar-refractivity contribution in [3.05, 3.63) is 183 Å². The molecule has 0 aliphatic rings. The van der Waals surface area contributed by atoms with Gasteiger partial charge in [-0.1, -0.05) is 153 Å². The molecule has 490 valence electrons. The van der Waals surface area contributed by atoms with E-state index in [0.29, 0.717) is 0 Å². The van der Waals surface area contributed by atoms with E-state index in [2.05, 4.69) is 74.8 Å². The summed E-state index contributed by atoms with van der Waals surface area (Å²) in [4.78, 5) is 61.7. The summed E-state index contributed by atoms with van der Waals surface area (Å²) in [7, 11) is 9.76. The fourth-order valence-electron chi connectivity index (χ4n) is 6.62. The molecule has 0 bridgehead atoms. The molecular formula is C70H115N20+5. The van der Waals surface area contributed by atoms with E-state index < -0.39 is 0 Å². The molecule has 20 nitrogen and oxygen atoms in total. The number of aromatic nitrogens is 20. The maximum atomic E-state index is 4.33. The lowest BCUT2D eigenvalue weighted by Crippen LogP contribution is -2.32. The fourth-order valence-corrected chi connectivity index (χ4v) is 6.62. The molecule has 0 fully saturated rings. The zero-order chi connectivity index (χ0) is 69.8. The Hall–Kier alpha value is -9.20. The molecule has 0 saturated carbocycles. The Morgan fingerprint density at radius 2 is 0.656 bits per heavy atom. The van der Waals surface area contributed by atoms with Crippen LogP contribution in [0.5, 0.6) is 0 Å². The third kappa shape index (κ3) is 32.7. The normalized spacial score (nSPS) is 8.56. The third-order valence-corrected chi connectivity index (χ3v) is 10.3. The summed E-state index contributed by atoms with van der Waals surface area (Å²) >= 11 is 0. The van der Waals surface area contributed by atoms with Crippen molar-refractivity contribution in [2.45, 2.75) is 173 Å². The summed E-state index contributed by atoms with van der Waals surface area (Å²) in [6, 6.07) is 9.87. The van der Waals surface area contributed by atoms with E-state index in [4.69, 9.17) is 0 Å². The van der Waals surface area contributed by atoms with Crippen LogP contribution in [-0.2, 0) is 35.2 Å². The quantitative estimate of drug-likeness (QED) is 0.147. The first-order valence-corrected chi connectivity index (χ1v) is 31.8. The molecule has 0 saturated heterocycles. The third-order valence-electron chi connectivity index (χ3n) is 10.3. The predicted octanol–water partition coefficient (Wildman–Crippen LogP) is 13.6. The Morgan fingerprint density at radius 1 is 0.256 bits per heavy atom. The van der Waals surface area contributed by atoms with Crippen LogP contribution in [0.4, 0.5) is 0 Å². The first-order chi connectivity index (χ1) is 43.9. The van der Waals surface area contributed by atoms with Crippen molar-refractivity contribution in [1.29, 1.82) is 0 Å². The fraction of sp³-hybridized carbons (Fsp3) is 0.429. The molecule has 10 aromatic heterocycles. The van der Waals surface area contributed by atoms with E-state index >= 15 is 0 Å². The molecule has 10 heterocycles. The van der Waals surface area contributed by atoms with Gasteiger partial charge in [-0.05, 0) is 62.4 Å². The second-order valence-electron chi connectivity index (χ2n) is 15.6. The van der Waals surface area contributed by atoms with Gasteiger partial charge in [-0.15, -0.1) is 0 Å². The summed E-state index contributed by atoms with van der Waals surface area (Å²) in [5, 5.41) is 0. The van der Waals surface area contributed by atoms with Crippen LogP contribution in [0.25, 0.3) is 57.2 Å². The van der Waals surface area contributed by atoms with Crippen molar-refractivity contribution >= 4 is 0 Å². The second-order valence-corrected chi connectivity index (χ2v) is 15.6. The maximum Gasteiger partial charge on any atom is 0.348 e. The van der Waals surface area contributed by atoms with Crippen molar-refractivity contribution in [3.8, 4) is 57.2 Å². The standard InChI is InChI=1S/C11H12N3.3C10H11N4.C9H10N5.10C2H6/c1-9-11(13-7-6-12-9)10-5-3-4-8-14(10)2;1-8-5-12-7-13-10(8)9-6-11-3-4-14(9)2;1-8-5-12-6-13-10(8)9-3-4-11-7-14(9)2;1-8-6-11-7-13-9(8)10-12-4-3-5-14(10)2;1-7-3-10-4-12-8(7)9-13-5-11-6-14(9)2;10*1-2/h3-8H,1-2H3;3*3-7H,1-2H3;3-6H,1-2H3;10*1-2H3/q5*+1;;;;;;;;;;. The summed E-state index contributed by atoms with van der Waals surface area (Å²) in [5.74, 6) is 1.65. The van der Waals surface area contributed by atoms with Crippen molar-refractivity contribution in [1.82, 2.24) is 74.8 Å². The molecule has 0 N–H and O–H groups in total. The average Bonchev–Trinajstić information content (AvgIpc) is 2.35. The molecule has 0 aliphatic heterocycles. The molecule has 0 aromatic carbocycles. The summed E-state index contributed by atoms with van der Waals surface area (Å²) < 4.78 is 9.74. The molecule has 0 radical (unpaired) electrons. The van der Waals surface area contributed by atoms with Gasteiger partial charge in [-0.25, -0.2) is 58.6 Å². The Kier molecular flexibility index (Phi) is 59.8.